The lowest BCUT2D eigenvalue weighted by molar-refractivity contribution is -0.142. The van der Waals surface area contributed by atoms with Crippen LogP contribution in [0.3, 0.4) is 0 Å². The van der Waals surface area contributed by atoms with Gasteiger partial charge in [0.05, 0.1) is 23.3 Å². The maximum Gasteiger partial charge on any atom is 0.307 e. The first-order valence-corrected chi connectivity index (χ1v) is 8.08. The van der Waals surface area contributed by atoms with E-state index in [1.54, 1.807) is 12.1 Å². The van der Waals surface area contributed by atoms with Crippen LogP contribution in [0.25, 0.3) is 0 Å². The van der Waals surface area contributed by atoms with Gasteiger partial charge in [0, 0.05) is 13.1 Å². The van der Waals surface area contributed by atoms with Gasteiger partial charge in [0.2, 0.25) is 10.0 Å². The van der Waals surface area contributed by atoms with Crippen LogP contribution in [0.2, 0.25) is 0 Å². The van der Waals surface area contributed by atoms with Gasteiger partial charge < -0.3 is 5.11 Å². The van der Waals surface area contributed by atoms with E-state index in [2.05, 4.69) is 0 Å². The van der Waals surface area contributed by atoms with E-state index in [0.717, 1.165) is 5.56 Å². The molecule has 1 aromatic carbocycles. The molecule has 112 valence electrons. The topological polar surface area (TPSA) is 98.5 Å². The highest BCUT2D eigenvalue weighted by Gasteiger charge is 2.33. The average Bonchev–Trinajstić information content (AvgIpc) is 2.48. The lowest BCUT2D eigenvalue weighted by Crippen LogP contribution is -2.42. The SMILES string of the molecule is N#CCc1ccc(S(=O)(=O)N2CCC[C@@H](C(=O)O)C2)cc1. The third kappa shape index (κ3) is 3.40. The Morgan fingerprint density at radius 3 is 2.62 bits per heavy atom. The van der Waals surface area contributed by atoms with E-state index >= 15 is 0 Å². The van der Waals surface area contributed by atoms with Crippen molar-refractivity contribution in [2.45, 2.75) is 24.2 Å². The van der Waals surface area contributed by atoms with Crippen molar-refractivity contribution in [3.63, 3.8) is 0 Å². The quantitative estimate of drug-likeness (QED) is 0.902. The molecule has 1 heterocycles. The fourth-order valence-electron chi connectivity index (χ4n) is 2.38. The zero-order chi connectivity index (χ0) is 15.5. The van der Waals surface area contributed by atoms with Gasteiger partial charge in [-0.05, 0) is 30.5 Å². The molecule has 1 aliphatic heterocycles. The maximum absolute atomic E-state index is 12.5. The van der Waals surface area contributed by atoms with Crippen molar-refractivity contribution in [1.29, 1.82) is 5.26 Å². The van der Waals surface area contributed by atoms with Crippen molar-refractivity contribution in [1.82, 2.24) is 4.31 Å². The Kier molecular flexibility index (Phi) is 4.60. The van der Waals surface area contributed by atoms with E-state index in [0.29, 0.717) is 19.4 Å². The van der Waals surface area contributed by atoms with E-state index in [9.17, 15) is 13.2 Å². The van der Waals surface area contributed by atoms with Gasteiger partial charge in [-0.15, -0.1) is 0 Å². The number of benzene rings is 1. The molecule has 1 aromatic rings. The molecule has 21 heavy (non-hydrogen) atoms. The van der Waals surface area contributed by atoms with Crippen LogP contribution < -0.4 is 0 Å². The van der Waals surface area contributed by atoms with Gasteiger partial charge >= 0.3 is 5.97 Å². The second-order valence-electron chi connectivity index (χ2n) is 5.02. The highest BCUT2D eigenvalue weighted by atomic mass is 32.2. The molecular formula is C14H16N2O4S. The molecule has 1 fully saturated rings. The number of carbonyl (C=O) groups is 1. The lowest BCUT2D eigenvalue weighted by atomic mass is 10.0. The number of piperidine rings is 1. The first kappa shape index (κ1) is 15.5. The predicted molar refractivity (Wildman–Crippen MR) is 74.9 cm³/mol. The van der Waals surface area contributed by atoms with Crippen LogP contribution in [0.1, 0.15) is 18.4 Å². The Labute approximate surface area is 123 Å². The molecule has 2 rings (SSSR count). The highest BCUT2D eigenvalue weighted by molar-refractivity contribution is 7.89. The Hall–Kier alpha value is -1.91. The van der Waals surface area contributed by atoms with Gasteiger partial charge in [0.1, 0.15) is 0 Å². The summed E-state index contributed by atoms with van der Waals surface area (Å²) >= 11 is 0. The molecule has 7 heteroatoms. The third-order valence-corrected chi connectivity index (χ3v) is 5.46. The first-order valence-electron chi connectivity index (χ1n) is 6.64. The summed E-state index contributed by atoms with van der Waals surface area (Å²) in [5.41, 5.74) is 0.749. The lowest BCUT2D eigenvalue weighted by Gasteiger charge is -2.29. The number of nitriles is 1. The number of hydrogen-bond donors (Lipinski definition) is 1. The van der Waals surface area contributed by atoms with Gasteiger partial charge in [-0.25, -0.2) is 8.42 Å². The summed E-state index contributed by atoms with van der Waals surface area (Å²) in [5, 5.41) is 17.6. The summed E-state index contributed by atoms with van der Waals surface area (Å²) in [4.78, 5) is 11.2. The van der Waals surface area contributed by atoms with Crippen molar-refractivity contribution in [2.24, 2.45) is 5.92 Å². The van der Waals surface area contributed by atoms with Gasteiger partial charge in [-0.2, -0.15) is 9.57 Å². The van der Waals surface area contributed by atoms with E-state index in [4.69, 9.17) is 10.4 Å². The summed E-state index contributed by atoms with van der Waals surface area (Å²) in [7, 11) is -3.67. The zero-order valence-corrected chi connectivity index (χ0v) is 12.2. The van der Waals surface area contributed by atoms with Crippen molar-refractivity contribution in [3.05, 3.63) is 29.8 Å². The molecule has 0 unspecified atom stereocenters. The second kappa shape index (κ2) is 6.24. The number of sulfonamides is 1. The average molecular weight is 308 g/mol. The fourth-order valence-corrected chi connectivity index (χ4v) is 3.91. The summed E-state index contributed by atoms with van der Waals surface area (Å²) in [6.07, 6.45) is 1.27. The van der Waals surface area contributed by atoms with Crippen LogP contribution in [-0.2, 0) is 21.2 Å². The molecule has 1 atom stereocenters. The monoisotopic (exact) mass is 308 g/mol. The largest absolute Gasteiger partial charge is 0.481 e. The summed E-state index contributed by atoms with van der Waals surface area (Å²) in [6.45, 7) is 0.351. The Bertz CT molecular complexity index is 661. The maximum atomic E-state index is 12.5. The fraction of sp³-hybridized carbons (Fsp3) is 0.429. The normalized spacial score (nSPS) is 19.9. The van der Waals surface area contributed by atoms with E-state index in [-0.39, 0.29) is 17.9 Å². The standard InChI is InChI=1S/C14H16N2O4S/c15-8-7-11-3-5-13(6-4-11)21(19,20)16-9-1-2-12(10-16)14(17)18/h3-6,12H,1-2,7,9-10H2,(H,17,18)/t12-/m1/s1. The first-order chi connectivity index (χ1) is 9.95. The van der Waals surface area contributed by atoms with Gasteiger partial charge in [0.25, 0.3) is 0 Å². The number of aliphatic carboxylic acids is 1. The van der Waals surface area contributed by atoms with E-state index in [1.165, 1.54) is 16.4 Å². The smallest absolute Gasteiger partial charge is 0.307 e. The minimum atomic E-state index is -3.67. The molecule has 1 saturated heterocycles. The number of hydrogen-bond acceptors (Lipinski definition) is 4. The van der Waals surface area contributed by atoms with Crippen LogP contribution in [0, 0.1) is 17.2 Å². The number of rotatable bonds is 4. The molecular weight excluding hydrogens is 292 g/mol. The summed E-state index contributed by atoms with van der Waals surface area (Å²) < 4.78 is 26.2. The third-order valence-electron chi connectivity index (χ3n) is 3.58. The molecule has 0 amide bonds. The molecule has 0 bridgehead atoms. The minimum Gasteiger partial charge on any atom is -0.481 e. The van der Waals surface area contributed by atoms with Gasteiger partial charge in [-0.3, -0.25) is 4.79 Å². The summed E-state index contributed by atoms with van der Waals surface area (Å²) in [6, 6.07) is 8.14. The minimum absolute atomic E-state index is 0.0115. The zero-order valence-electron chi connectivity index (χ0n) is 11.4. The Morgan fingerprint density at radius 2 is 2.05 bits per heavy atom. The van der Waals surface area contributed by atoms with Crippen LogP contribution >= 0.6 is 0 Å². The Balaban J connectivity index is 2.21. The number of nitrogens with zero attached hydrogens (tertiary/aromatic N) is 2. The predicted octanol–water partition coefficient (Wildman–Crippen LogP) is 1.24. The molecule has 0 aromatic heterocycles. The van der Waals surface area contributed by atoms with Crippen molar-refractivity contribution in [2.75, 3.05) is 13.1 Å². The van der Waals surface area contributed by atoms with Crippen LogP contribution in [-0.4, -0.2) is 36.9 Å². The van der Waals surface area contributed by atoms with Crippen LogP contribution in [0.15, 0.2) is 29.2 Å². The molecule has 6 nitrogen and oxygen atoms in total. The highest BCUT2D eigenvalue weighted by Crippen LogP contribution is 2.24. The van der Waals surface area contributed by atoms with Crippen LogP contribution in [0.5, 0.6) is 0 Å². The molecule has 0 aliphatic carbocycles. The number of carboxylic acids is 1. The molecule has 1 N–H and O–H groups in total. The van der Waals surface area contributed by atoms with Crippen LogP contribution in [0.4, 0.5) is 0 Å². The van der Waals surface area contributed by atoms with Gasteiger partial charge in [0.15, 0.2) is 0 Å². The number of carboxylic acid groups (broad SMARTS) is 1. The van der Waals surface area contributed by atoms with Crippen molar-refractivity contribution >= 4 is 16.0 Å². The van der Waals surface area contributed by atoms with E-state index < -0.39 is 21.9 Å². The molecule has 0 radical (unpaired) electrons. The summed E-state index contributed by atoms with van der Waals surface area (Å²) in [5.74, 6) is -1.61. The second-order valence-corrected chi connectivity index (χ2v) is 6.96. The van der Waals surface area contributed by atoms with E-state index in [1.807, 2.05) is 6.07 Å². The molecule has 0 saturated carbocycles. The molecule has 0 spiro atoms. The molecule has 1 aliphatic rings. The van der Waals surface area contributed by atoms with Crippen molar-refractivity contribution in [3.8, 4) is 6.07 Å². The van der Waals surface area contributed by atoms with Gasteiger partial charge in [-0.1, -0.05) is 12.1 Å². The van der Waals surface area contributed by atoms with Crippen molar-refractivity contribution < 1.29 is 18.3 Å². The Morgan fingerprint density at radius 1 is 1.38 bits per heavy atom.